The van der Waals surface area contributed by atoms with Gasteiger partial charge < -0.3 is 5.32 Å². The highest BCUT2D eigenvalue weighted by atomic mass is 16.1. The maximum absolute atomic E-state index is 12.3. The standard InChI is InChI=1S/C21H18N4O/c1-15-7-9-17(10-8-15)20-19(14-24-25-20)11-18(12-22)21(26)23-13-16-5-3-2-4-6-16/h2-11,14H,13H2,1H3,(H,23,26)(H,24,25). The molecule has 128 valence electrons. The van der Waals surface area contributed by atoms with Crippen LogP contribution in [0.1, 0.15) is 16.7 Å². The zero-order chi connectivity index (χ0) is 18.4. The minimum Gasteiger partial charge on any atom is -0.347 e. The lowest BCUT2D eigenvalue weighted by Crippen LogP contribution is -2.23. The lowest BCUT2D eigenvalue weighted by molar-refractivity contribution is -0.117. The van der Waals surface area contributed by atoms with Crippen molar-refractivity contribution in [3.8, 4) is 17.3 Å². The van der Waals surface area contributed by atoms with E-state index in [0.29, 0.717) is 12.1 Å². The molecule has 2 aromatic carbocycles. The number of H-pyrrole nitrogens is 1. The highest BCUT2D eigenvalue weighted by molar-refractivity contribution is 6.02. The van der Waals surface area contributed by atoms with Crippen molar-refractivity contribution in [3.63, 3.8) is 0 Å². The number of carbonyl (C=O) groups is 1. The van der Waals surface area contributed by atoms with E-state index < -0.39 is 5.91 Å². The number of nitrogens with zero attached hydrogens (tertiary/aromatic N) is 2. The molecule has 0 saturated heterocycles. The fourth-order valence-corrected chi connectivity index (χ4v) is 2.53. The first-order valence-electron chi connectivity index (χ1n) is 8.21. The average molecular weight is 342 g/mol. The maximum atomic E-state index is 12.3. The van der Waals surface area contributed by atoms with Gasteiger partial charge >= 0.3 is 0 Å². The van der Waals surface area contributed by atoms with Gasteiger partial charge in [0.2, 0.25) is 0 Å². The quantitative estimate of drug-likeness (QED) is 0.549. The zero-order valence-corrected chi connectivity index (χ0v) is 14.4. The summed E-state index contributed by atoms with van der Waals surface area (Å²) in [5.74, 6) is -0.410. The summed E-state index contributed by atoms with van der Waals surface area (Å²) in [6.07, 6.45) is 3.16. The summed E-state index contributed by atoms with van der Waals surface area (Å²) in [6, 6.07) is 19.5. The second-order valence-electron chi connectivity index (χ2n) is 5.90. The first-order chi connectivity index (χ1) is 12.7. The van der Waals surface area contributed by atoms with Crippen molar-refractivity contribution < 1.29 is 4.79 Å². The number of benzene rings is 2. The minimum absolute atomic E-state index is 0.0377. The fourth-order valence-electron chi connectivity index (χ4n) is 2.53. The van der Waals surface area contributed by atoms with Crippen molar-refractivity contribution in [3.05, 3.63) is 83.1 Å². The van der Waals surface area contributed by atoms with Gasteiger partial charge in [0.05, 0.1) is 11.9 Å². The van der Waals surface area contributed by atoms with Crippen LogP contribution in [0.4, 0.5) is 0 Å². The molecule has 26 heavy (non-hydrogen) atoms. The van der Waals surface area contributed by atoms with E-state index in [1.807, 2.05) is 67.6 Å². The van der Waals surface area contributed by atoms with Crippen LogP contribution in [0.5, 0.6) is 0 Å². The Morgan fingerprint density at radius 1 is 1.19 bits per heavy atom. The second kappa shape index (κ2) is 7.95. The van der Waals surface area contributed by atoms with E-state index >= 15 is 0 Å². The maximum Gasteiger partial charge on any atom is 0.262 e. The summed E-state index contributed by atoms with van der Waals surface area (Å²) in [4.78, 5) is 12.3. The molecule has 0 aliphatic heterocycles. The monoisotopic (exact) mass is 342 g/mol. The van der Waals surface area contributed by atoms with Crippen LogP contribution in [0.25, 0.3) is 17.3 Å². The molecule has 0 spiro atoms. The Bertz CT molecular complexity index is 963. The summed E-state index contributed by atoms with van der Waals surface area (Å²) in [7, 11) is 0. The molecule has 0 fully saturated rings. The van der Waals surface area contributed by atoms with E-state index in [9.17, 15) is 10.1 Å². The summed E-state index contributed by atoms with van der Waals surface area (Å²) in [5, 5.41) is 19.1. The number of hydrogen-bond donors (Lipinski definition) is 2. The highest BCUT2D eigenvalue weighted by Gasteiger charge is 2.12. The molecular formula is C21H18N4O. The topological polar surface area (TPSA) is 81.6 Å². The van der Waals surface area contributed by atoms with Crippen LogP contribution < -0.4 is 5.32 Å². The third-order valence-corrected chi connectivity index (χ3v) is 3.97. The molecule has 1 heterocycles. The van der Waals surface area contributed by atoms with Crippen LogP contribution in [-0.4, -0.2) is 16.1 Å². The average Bonchev–Trinajstić information content (AvgIpc) is 3.14. The van der Waals surface area contributed by atoms with Crippen molar-refractivity contribution >= 4 is 12.0 Å². The number of aryl methyl sites for hydroxylation is 1. The van der Waals surface area contributed by atoms with Gasteiger partial charge in [-0.3, -0.25) is 9.89 Å². The summed E-state index contributed by atoms with van der Waals surface area (Å²) >= 11 is 0. The third-order valence-electron chi connectivity index (χ3n) is 3.97. The number of hydrogen-bond acceptors (Lipinski definition) is 3. The van der Waals surface area contributed by atoms with Crippen LogP contribution in [-0.2, 0) is 11.3 Å². The molecule has 0 aliphatic carbocycles. The van der Waals surface area contributed by atoms with Crippen molar-refractivity contribution in [1.82, 2.24) is 15.5 Å². The Hall–Kier alpha value is -3.65. The number of rotatable bonds is 5. The molecule has 0 bridgehead atoms. The number of aromatic nitrogens is 2. The molecule has 5 nitrogen and oxygen atoms in total. The first kappa shape index (κ1) is 17.2. The van der Waals surface area contributed by atoms with Gasteiger partial charge in [-0.1, -0.05) is 60.2 Å². The van der Waals surface area contributed by atoms with E-state index in [4.69, 9.17) is 0 Å². The number of nitriles is 1. The Balaban J connectivity index is 1.79. The molecular weight excluding hydrogens is 324 g/mol. The van der Waals surface area contributed by atoms with Gasteiger partial charge in [-0.2, -0.15) is 10.4 Å². The molecule has 0 radical (unpaired) electrons. The minimum atomic E-state index is -0.410. The SMILES string of the molecule is Cc1ccc(-c2[nH]ncc2C=C(C#N)C(=O)NCc2ccccc2)cc1. The van der Waals surface area contributed by atoms with Crippen molar-refractivity contribution in [2.24, 2.45) is 0 Å². The van der Waals surface area contributed by atoms with Crippen molar-refractivity contribution in [1.29, 1.82) is 5.26 Å². The zero-order valence-electron chi connectivity index (χ0n) is 14.4. The molecule has 3 aromatic rings. The number of amides is 1. The van der Waals surface area contributed by atoms with Gasteiger partial charge in [-0.15, -0.1) is 0 Å². The van der Waals surface area contributed by atoms with E-state index in [1.54, 1.807) is 12.3 Å². The van der Waals surface area contributed by atoms with E-state index in [1.165, 1.54) is 0 Å². The summed E-state index contributed by atoms with van der Waals surface area (Å²) in [6.45, 7) is 2.39. The van der Waals surface area contributed by atoms with Gasteiger partial charge in [0.1, 0.15) is 11.6 Å². The van der Waals surface area contributed by atoms with Crippen molar-refractivity contribution in [2.45, 2.75) is 13.5 Å². The van der Waals surface area contributed by atoms with Crippen molar-refractivity contribution in [2.75, 3.05) is 0 Å². The number of carbonyl (C=O) groups excluding carboxylic acids is 1. The Morgan fingerprint density at radius 3 is 2.62 bits per heavy atom. The Morgan fingerprint density at radius 2 is 1.92 bits per heavy atom. The van der Waals surface area contributed by atoms with Gasteiger partial charge in [-0.05, 0) is 18.6 Å². The van der Waals surface area contributed by atoms with Gasteiger partial charge in [-0.25, -0.2) is 0 Å². The molecule has 0 unspecified atom stereocenters. The molecule has 0 aliphatic rings. The molecule has 0 atom stereocenters. The van der Waals surface area contributed by atoms with Crippen LogP contribution in [0.3, 0.4) is 0 Å². The predicted molar refractivity (Wildman–Crippen MR) is 101 cm³/mol. The van der Waals surface area contributed by atoms with Gasteiger partial charge in [0.25, 0.3) is 5.91 Å². The third kappa shape index (κ3) is 4.05. The first-order valence-corrected chi connectivity index (χ1v) is 8.21. The number of nitrogens with one attached hydrogen (secondary N) is 2. The second-order valence-corrected chi connectivity index (χ2v) is 5.90. The van der Waals surface area contributed by atoms with Crippen LogP contribution in [0, 0.1) is 18.3 Å². The largest absolute Gasteiger partial charge is 0.347 e. The molecule has 3 rings (SSSR count). The van der Waals surface area contributed by atoms with Crippen LogP contribution in [0.2, 0.25) is 0 Å². The molecule has 0 saturated carbocycles. The lowest BCUT2D eigenvalue weighted by Gasteiger charge is -2.05. The number of aromatic amines is 1. The predicted octanol–water partition coefficient (Wildman–Crippen LogP) is 3.61. The lowest BCUT2D eigenvalue weighted by atomic mass is 10.0. The molecule has 5 heteroatoms. The smallest absolute Gasteiger partial charge is 0.262 e. The Labute approximate surface area is 152 Å². The molecule has 1 aromatic heterocycles. The normalized spacial score (nSPS) is 11.0. The summed E-state index contributed by atoms with van der Waals surface area (Å²) < 4.78 is 0. The van der Waals surface area contributed by atoms with Gasteiger partial charge in [0, 0.05) is 17.7 Å². The van der Waals surface area contributed by atoms with Crippen LogP contribution in [0.15, 0.2) is 66.4 Å². The molecule has 2 N–H and O–H groups in total. The van der Waals surface area contributed by atoms with E-state index in [-0.39, 0.29) is 5.57 Å². The highest BCUT2D eigenvalue weighted by Crippen LogP contribution is 2.23. The fraction of sp³-hybridized carbons (Fsp3) is 0.0952. The van der Waals surface area contributed by atoms with Gasteiger partial charge in [0.15, 0.2) is 0 Å². The summed E-state index contributed by atoms with van der Waals surface area (Å²) in [5.41, 5.74) is 4.58. The van der Waals surface area contributed by atoms with E-state index in [2.05, 4.69) is 15.5 Å². The Kier molecular flexibility index (Phi) is 5.25. The molecule has 1 amide bonds. The van der Waals surface area contributed by atoms with Crippen LogP contribution >= 0.6 is 0 Å². The van der Waals surface area contributed by atoms with E-state index in [0.717, 1.165) is 22.4 Å².